The Morgan fingerprint density at radius 3 is 2.30 bits per heavy atom. The third-order valence-corrected chi connectivity index (χ3v) is 9.59. The molecule has 0 atom stereocenters. The maximum Gasteiger partial charge on any atom is 0.291 e. The molecule has 2 N–H and O–H groups in total. The first-order valence-corrected chi connectivity index (χ1v) is 16.5. The highest BCUT2D eigenvalue weighted by molar-refractivity contribution is 6.34. The van der Waals surface area contributed by atoms with Gasteiger partial charge in [-0.05, 0) is 57.1 Å². The van der Waals surface area contributed by atoms with E-state index in [1.54, 1.807) is 4.90 Å². The molecule has 0 radical (unpaired) electrons. The summed E-state index contributed by atoms with van der Waals surface area (Å²) in [6, 6.07) is 7.11. The third kappa shape index (κ3) is 6.97. The molecule has 6 rings (SSSR count). The largest absolute Gasteiger partial charge is 0.339 e. The highest BCUT2D eigenvalue weighted by atomic mass is 35.5. The van der Waals surface area contributed by atoms with Gasteiger partial charge in [0.2, 0.25) is 5.91 Å². The number of amides is 3. The van der Waals surface area contributed by atoms with Gasteiger partial charge in [-0.3, -0.25) is 19.1 Å². The first kappa shape index (κ1) is 35.1. The number of carbonyl (C=O) groups is 3. The van der Waals surface area contributed by atoms with Crippen molar-refractivity contribution >= 4 is 35.0 Å². The van der Waals surface area contributed by atoms with Crippen LogP contribution in [0.15, 0.2) is 42.7 Å². The van der Waals surface area contributed by atoms with Gasteiger partial charge >= 0.3 is 0 Å². The van der Waals surface area contributed by atoms with Crippen molar-refractivity contribution in [2.45, 2.75) is 32.7 Å². The van der Waals surface area contributed by atoms with Crippen LogP contribution in [0, 0.1) is 24.5 Å². The minimum absolute atomic E-state index is 0.0145. The zero-order chi connectivity index (χ0) is 35.7. The van der Waals surface area contributed by atoms with Gasteiger partial charge in [-0.1, -0.05) is 17.7 Å². The van der Waals surface area contributed by atoms with Gasteiger partial charge in [0.05, 0.1) is 28.7 Å². The number of nitrogens with one attached hydrogen (secondary N) is 2. The second-order valence-electron chi connectivity index (χ2n) is 12.3. The summed E-state index contributed by atoms with van der Waals surface area (Å²) in [6.45, 7) is 4.12. The second-order valence-corrected chi connectivity index (χ2v) is 12.7. The van der Waals surface area contributed by atoms with E-state index in [9.17, 15) is 23.2 Å². The predicted molar refractivity (Wildman–Crippen MR) is 178 cm³/mol. The summed E-state index contributed by atoms with van der Waals surface area (Å²) in [7, 11) is 1.47. The van der Waals surface area contributed by atoms with Gasteiger partial charge < -0.3 is 25.0 Å². The Morgan fingerprint density at radius 2 is 1.62 bits per heavy atom. The molecule has 50 heavy (non-hydrogen) atoms. The predicted octanol–water partition coefficient (Wildman–Crippen LogP) is 4.99. The summed E-state index contributed by atoms with van der Waals surface area (Å²) in [5, 5.41) is 9.91. The lowest BCUT2D eigenvalue weighted by Gasteiger charge is -2.37. The molecule has 2 fully saturated rings. The molecule has 4 aromatic rings. The van der Waals surface area contributed by atoms with Crippen molar-refractivity contribution in [2.24, 2.45) is 13.0 Å². The minimum atomic E-state index is -2.66. The first-order chi connectivity index (χ1) is 23.9. The molecule has 2 saturated heterocycles. The van der Waals surface area contributed by atoms with Gasteiger partial charge in [0.1, 0.15) is 6.54 Å². The number of imidazole rings is 1. The van der Waals surface area contributed by atoms with Crippen molar-refractivity contribution in [3.8, 4) is 22.4 Å². The van der Waals surface area contributed by atoms with Crippen molar-refractivity contribution in [3.05, 3.63) is 76.5 Å². The molecule has 4 heterocycles. The molecule has 2 aromatic heterocycles. The summed E-state index contributed by atoms with van der Waals surface area (Å²) in [5.74, 6) is -3.32. The zero-order valence-corrected chi connectivity index (χ0v) is 28.1. The molecule has 264 valence electrons. The molecule has 0 aliphatic carbocycles. The smallest absolute Gasteiger partial charge is 0.291 e. The maximum absolute atomic E-state index is 15.4. The number of anilines is 1. The summed E-state index contributed by atoms with van der Waals surface area (Å²) >= 11 is 6.49. The molecule has 2 aliphatic heterocycles. The Bertz CT molecular complexity index is 1930. The Hall–Kier alpha value is -4.76. The molecular weight excluding hydrogens is 680 g/mol. The van der Waals surface area contributed by atoms with Crippen LogP contribution in [0.4, 0.5) is 23.2 Å². The third-order valence-electron chi connectivity index (χ3n) is 9.28. The molecule has 0 unspecified atom stereocenters. The molecule has 16 heteroatoms. The fraction of sp³-hybridized carbons (Fsp3) is 0.382. The van der Waals surface area contributed by atoms with Gasteiger partial charge in [-0.2, -0.15) is 5.10 Å². The van der Waals surface area contributed by atoms with Crippen LogP contribution < -0.4 is 10.6 Å². The van der Waals surface area contributed by atoms with Crippen LogP contribution >= 0.6 is 11.6 Å². The molecule has 3 amide bonds. The number of alkyl halides is 2. The number of aromatic nitrogens is 4. The quantitative estimate of drug-likeness (QED) is 0.249. The zero-order valence-electron chi connectivity index (χ0n) is 27.4. The van der Waals surface area contributed by atoms with Crippen LogP contribution in [0.3, 0.4) is 0 Å². The Labute approximate surface area is 290 Å². The summed E-state index contributed by atoms with van der Waals surface area (Å²) in [4.78, 5) is 46.9. The maximum atomic E-state index is 15.4. The Balaban J connectivity index is 1.11. The highest BCUT2D eigenvalue weighted by Gasteiger charge is 2.31. The summed E-state index contributed by atoms with van der Waals surface area (Å²) < 4.78 is 58.7. The lowest BCUT2D eigenvalue weighted by atomic mass is 9.96. The van der Waals surface area contributed by atoms with E-state index in [-0.39, 0.29) is 67.9 Å². The van der Waals surface area contributed by atoms with Crippen LogP contribution in [0.5, 0.6) is 0 Å². The van der Waals surface area contributed by atoms with Crippen molar-refractivity contribution in [2.75, 3.05) is 44.6 Å². The topological polar surface area (TPSA) is 117 Å². The van der Waals surface area contributed by atoms with E-state index in [4.69, 9.17) is 11.6 Å². The number of rotatable bonds is 8. The molecule has 11 nitrogen and oxygen atoms in total. The van der Waals surface area contributed by atoms with Gasteiger partial charge in [0.15, 0.2) is 17.5 Å². The van der Waals surface area contributed by atoms with Crippen molar-refractivity contribution in [1.29, 1.82) is 0 Å². The summed E-state index contributed by atoms with van der Waals surface area (Å²) in [6.07, 6.45) is 1.40. The monoisotopic (exact) mass is 714 g/mol. The van der Waals surface area contributed by atoms with Gasteiger partial charge in [0, 0.05) is 67.2 Å². The Morgan fingerprint density at radius 1 is 0.960 bits per heavy atom. The fourth-order valence-corrected chi connectivity index (χ4v) is 6.69. The van der Waals surface area contributed by atoms with Crippen LogP contribution in [0.25, 0.3) is 22.4 Å². The number of nitrogens with zero attached hydrogens (tertiary/aromatic N) is 6. The number of piperidine rings is 1. The number of carbonyl (C=O) groups excluding carboxylic acids is 3. The summed E-state index contributed by atoms with van der Waals surface area (Å²) in [5.41, 5.74) is 0.759. The van der Waals surface area contributed by atoms with Gasteiger partial charge in [0.25, 0.3) is 18.2 Å². The molecule has 2 aromatic carbocycles. The lowest BCUT2D eigenvalue weighted by Crippen LogP contribution is -2.52. The number of hydrogen-bond donors (Lipinski definition) is 2. The number of hydrogen-bond acceptors (Lipinski definition) is 6. The molecular formula is C34H35ClF4N8O3. The first-order valence-electron chi connectivity index (χ1n) is 16.1. The van der Waals surface area contributed by atoms with Crippen molar-refractivity contribution in [3.63, 3.8) is 0 Å². The Kier molecular flexibility index (Phi) is 10.3. The molecule has 2 aliphatic rings. The van der Waals surface area contributed by atoms with Crippen LogP contribution in [0.1, 0.15) is 39.5 Å². The van der Waals surface area contributed by atoms with E-state index in [1.165, 1.54) is 61.3 Å². The van der Waals surface area contributed by atoms with E-state index >= 15 is 8.78 Å². The fourth-order valence-electron chi connectivity index (χ4n) is 6.43. The van der Waals surface area contributed by atoms with E-state index < -0.39 is 30.5 Å². The number of benzene rings is 2. The van der Waals surface area contributed by atoms with E-state index in [1.807, 2.05) is 4.90 Å². The SMILES string of the molecule is Cc1c(-c2ccc(-c3cnc(C(=O)Nc4ccc(C(=O)N5CCN(C(=O)C6CCNCC6)CC5)c(Cl)c4)n3C)c(F)c2F)cnn1CC(F)F. The van der Waals surface area contributed by atoms with Crippen LogP contribution in [-0.4, -0.2) is 92.5 Å². The van der Waals surface area contributed by atoms with Crippen LogP contribution in [0.2, 0.25) is 5.02 Å². The van der Waals surface area contributed by atoms with Gasteiger partial charge in [-0.15, -0.1) is 0 Å². The van der Waals surface area contributed by atoms with E-state index in [0.717, 1.165) is 30.6 Å². The number of piperazine rings is 1. The van der Waals surface area contributed by atoms with Crippen molar-refractivity contribution < 1.29 is 31.9 Å². The minimum Gasteiger partial charge on any atom is -0.339 e. The normalized spacial score (nSPS) is 15.5. The van der Waals surface area contributed by atoms with Gasteiger partial charge in [-0.25, -0.2) is 22.5 Å². The van der Waals surface area contributed by atoms with Crippen LogP contribution in [-0.2, 0) is 18.4 Å². The number of halogens is 5. The molecule has 0 bridgehead atoms. The average molecular weight is 715 g/mol. The highest BCUT2D eigenvalue weighted by Crippen LogP contribution is 2.33. The lowest BCUT2D eigenvalue weighted by molar-refractivity contribution is -0.137. The van der Waals surface area contributed by atoms with E-state index in [0.29, 0.717) is 26.2 Å². The van der Waals surface area contributed by atoms with Crippen molar-refractivity contribution in [1.82, 2.24) is 34.4 Å². The van der Waals surface area contributed by atoms with E-state index in [2.05, 4.69) is 20.7 Å². The molecule has 0 spiro atoms. The molecule has 0 saturated carbocycles. The second kappa shape index (κ2) is 14.6. The average Bonchev–Trinajstić information content (AvgIpc) is 3.67. The standard InChI is InChI=1S/C34H35ClF4N8O3/c1-19-25(16-42-47(19)18-28(36)37)22-5-6-24(30(39)29(22)38)27-17-41-31(44(27)2)32(48)43-21-3-4-23(26(35)15-21)34(50)46-13-11-45(12-14-46)33(49)20-7-9-40-10-8-20/h3-6,15-17,20,28,40H,7-14,18H2,1-2H3,(H,43,48).